The van der Waals surface area contributed by atoms with Gasteiger partial charge in [0.1, 0.15) is 0 Å². The molecule has 0 radical (unpaired) electrons. The maximum atomic E-state index is 14.8. The number of carbonyl (C=O) groups excluding carboxylic acids is 1. The van der Waals surface area contributed by atoms with Gasteiger partial charge in [0.05, 0.1) is 0 Å². The number of hydrogen-bond donors (Lipinski definition) is 0. The van der Waals surface area contributed by atoms with Gasteiger partial charge in [0.25, 0.3) is 0 Å². The molecule has 0 saturated heterocycles. The Morgan fingerprint density at radius 1 is 1.00 bits per heavy atom. The summed E-state index contributed by atoms with van der Waals surface area (Å²) in [6.07, 6.45) is 0.379. The summed E-state index contributed by atoms with van der Waals surface area (Å²) in [5.41, 5.74) is 1.71. The molecule has 0 bridgehead atoms. The van der Waals surface area contributed by atoms with E-state index in [0.29, 0.717) is 12.0 Å². The summed E-state index contributed by atoms with van der Waals surface area (Å²) in [4.78, 5) is 24.9. The Balaban J connectivity index is 1.90. The van der Waals surface area contributed by atoms with Gasteiger partial charge in [0.15, 0.2) is 0 Å². The molecule has 0 spiro atoms. The second-order valence-electron chi connectivity index (χ2n) is 7.06. The van der Waals surface area contributed by atoms with Crippen molar-refractivity contribution in [2.75, 3.05) is 6.54 Å². The fraction of sp³-hybridized carbons (Fsp3) is 0.174. The predicted molar refractivity (Wildman–Crippen MR) is 110 cm³/mol. The SMILES string of the molecule is O=C1c2ccccc2C[C@]1([Se]c1ccccc1)[C@@H](C[N+](=O)[O-])c1ccccc1F. The Labute approximate surface area is 174 Å². The fourth-order valence-corrected chi connectivity index (χ4v) is 7.15. The van der Waals surface area contributed by atoms with E-state index in [1.165, 1.54) is 6.07 Å². The Morgan fingerprint density at radius 3 is 2.34 bits per heavy atom. The number of nitro groups is 1. The molecule has 1 aliphatic rings. The Bertz CT molecular complexity index is 1070. The minimum atomic E-state index is -1.05. The van der Waals surface area contributed by atoms with Crippen LogP contribution in [0.4, 0.5) is 4.39 Å². The van der Waals surface area contributed by atoms with Gasteiger partial charge in [-0.1, -0.05) is 0 Å². The normalized spacial score (nSPS) is 19.0. The third-order valence-electron chi connectivity index (χ3n) is 5.32. The van der Waals surface area contributed by atoms with E-state index in [1.807, 2.05) is 42.5 Å². The zero-order valence-electron chi connectivity index (χ0n) is 15.5. The first-order chi connectivity index (χ1) is 14.0. The van der Waals surface area contributed by atoms with Crippen LogP contribution in [-0.2, 0) is 6.42 Å². The predicted octanol–water partition coefficient (Wildman–Crippen LogP) is 3.81. The van der Waals surface area contributed by atoms with Crippen LogP contribution in [0, 0.1) is 15.9 Å². The van der Waals surface area contributed by atoms with Crippen molar-refractivity contribution in [3.63, 3.8) is 0 Å². The molecule has 1 aliphatic carbocycles. The first-order valence-corrected chi connectivity index (χ1v) is 11.0. The molecule has 0 saturated carbocycles. The van der Waals surface area contributed by atoms with Crippen LogP contribution in [0.15, 0.2) is 78.9 Å². The molecule has 4 rings (SSSR count). The average molecular weight is 454 g/mol. The Morgan fingerprint density at radius 2 is 1.66 bits per heavy atom. The average Bonchev–Trinajstić information content (AvgIpc) is 3.00. The molecule has 0 heterocycles. The second kappa shape index (κ2) is 7.90. The summed E-state index contributed by atoms with van der Waals surface area (Å²) in [5.74, 6) is -1.47. The van der Waals surface area contributed by atoms with Crippen LogP contribution in [0.3, 0.4) is 0 Å². The molecule has 0 amide bonds. The summed E-state index contributed by atoms with van der Waals surface area (Å²) in [6, 6.07) is 23.0. The van der Waals surface area contributed by atoms with E-state index in [2.05, 4.69) is 0 Å². The van der Waals surface area contributed by atoms with Crippen molar-refractivity contribution in [2.45, 2.75) is 16.7 Å². The zero-order valence-corrected chi connectivity index (χ0v) is 17.2. The molecule has 3 aromatic rings. The topological polar surface area (TPSA) is 60.2 Å². The summed E-state index contributed by atoms with van der Waals surface area (Å²) in [6.45, 7) is -0.491. The van der Waals surface area contributed by atoms with Crippen molar-refractivity contribution in [2.24, 2.45) is 0 Å². The number of nitrogens with zero attached hydrogens (tertiary/aromatic N) is 1. The van der Waals surface area contributed by atoms with E-state index < -0.39 is 42.5 Å². The summed E-state index contributed by atoms with van der Waals surface area (Å²) in [7, 11) is 0. The number of halogens is 1. The van der Waals surface area contributed by atoms with Gasteiger partial charge in [-0.3, -0.25) is 0 Å². The summed E-state index contributed by atoms with van der Waals surface area (Å²) >= 11 is -0.423. The van der Waals surface area contributed by atoms with Crippen molar-refractivity contribution in [3.05, 3.63) is 111 Å². The quantitative estimate of drug-likeness (QED) is 0.323. The van der Waals surface area contributed by atoms with Crippen LogP contribution >= 0.6 is 0 Å². The van der Waals surface area contributed by atoms with E-state index >= 15 is 0 Å². The fourth-order valence-electron chi connectivity index (χ4n) is 4.02. The molecular weight excluding hydrogens is 436 g/mol. The molecule has 4 nitrogen and oxygen atoms in total. The van der Waals surface area contributed by atoms with Crippen LogP contribution in [0.2, 0.25) is 4.31 Å². The molecule has 0 N–H and O–H groups in total. The van der Waals surface area contributed by atoms with Crippen LogP contribution in [0.5, 0.6) is 0 Å². The van der Waals surface area contributed by atoms with Gasteiger partial charge in [-0.25, -0.2) is 0 Å². The van der Waals surface area contributed by atoms with Gasteiger partial charge in [-0.2, -0.15) is 0 Å². The third kappa shape index (κ3) is 3.61. The number of fused-ring (bicyclic) bond motifs is 1. The first kappa shape index (κ1) is 19.5. The van der Waals surface area contributed by atoms with Gasteiger partial charge in [0, 0.05) is 0 Å². The summed E-state index contributed by atoms with van der Waals surface area (Å²) < 4.78 is 14.7. The molecule has 2 atom stereocenters. The third-order valence-corrected chi connectivity index (χ3v) is 8.44. The Kier molecular flexibility index (Phi) is 5.31. The number of ketones is 1. The molecule has 146 valence electrons. The monoisotopic (exact) mass is 455 g/mol. The molecule has 6 heteroatoms. The minimum absolute atomic E-state index is 0.118. The van der Waals surface area contributed by atoms with Crippen LogP contribution in [0.1, 0.15) is 27.4 Å². The van der Waals surface area contributed by atoms with Crippen LogP contribution in [0.25, 0.3) is 0 Å². The molecule has 3 aromatic carbocycles. The van der Waals surface area contributed by atoms with Gasteiger partial charge >= 0.3 is 174 Å². The van der Waals surface area contributed by atoms with Gasteiger partial charge in [-0.15, -0.1) is 0 Å². The van der Waals surface area contributed by atoms with E-state index in [9.17, 15) is 19.3 Å². The molecular formula is C23H18FNO3Se. The van der Waals surface area contributed by atoms with Crippen molar-refractivity contribution >= 4 is 25.2 Å². The number of carbonyl (C=O) groups is 1. The number of rotatable bonds is 6. The van der Waals surface area contributed by atoms with E-state index in [4.69, 9.17) is 0 Å². The number of hydrogen-bond acceptors (Lipinski definition) is 3. The van der Waals surface area contributed by atoms with Crippen LogP contribution < -0.4 is 4.46 Å². The zero-order chi connectivity index (χ0) is 20.4. The molecule has 0 unspecified atom stereocenters. The van der Waals surface area contributed by atoms with Gasteiger partial charge in [0.2, 0.25) is 0 Å². The number of benzene rings is 3. The Hall–Kier alpha value is -2.82. The van der Waals surface area contributed by atoms with E-state index in [0.717, 1.165) is 10.0 Å². The van der Waals surface area contributed by atoms with Crippen molar-refractivity contribution < 1.29 is 14.1 Å². The van der Waals surface area contributed by atoms with E-state index in [-0.39, 0.29) is 11.3 Å². The van der Waals surface area contributed by atoms with Crippen LogP contribution in [-0.4, -0.2) is 32.2 Å². The molecule has 0 fully saturated rings. The molecule has 0 aliphatic heterocycles. The van der Waals surface area contributed by atoms with Gasteiger partial charge in [-0.05, 0) is 0 Å². The standard InChI is InChI=1S/C23H18FNO3Se/c24-21-13-7-6-12-19(21)20(15-25(27)28)23(29-17-9-2-1-3-10-17)14-16-8-4-5-11-18(16)22(23)26/h1-13,20H,14-15H2/t20-,23-/m0/s1. The van der Waals surface area contributed by atoms with Crippen molar-refractivity contribution in [1.29, 1.82) is 0 Å². The number of Topliss-reactive ketones (excluding diaryl/α,β-unsaturated/α-hetero) is 1. The summed E-state index contributed by atoms with van der Waals surface area (Å²) in [5, 5.41) is 11.6. The maximum absolute atomic E-state index is 14.8. The van der Waals surface area contributed by atoms with Crippen molar-refractivity contribution in [3.8, 4) is 0 Å². The second-order valence-corrected chi connectivity index (χ2v) is 10.0. The first-order valence-electron chi connectivity index (χ1n) is 9.24. The van der Waals surface area contributed by atoms with Gasteiger partial charge < -0.3 is 0 Å². The molecule has 29 heavy (non-hydrogen) atoms. The van der Waals surface area contributed by atoms with Crippen molar-refractivity contribution in [1.82, 2.24) is 0 Å². The van der Waals surface area contributed by atoms with E-state index in [1.54, 1.807) is 30.3 Å². The molecule has 0 aromatic heterocycles.